The summed E-state index contributed by atoms with van der Waals surface area (Å²) in [5.41, 5.74) is 1.13. The molecule has 0 aliphatic carbocycles. The van der Waals surface area contributed by atoms with E-state index in [1.807, 2.05) is 11.3 Å². The number of aromatic nitrogens is 1. The molecule has 20 heavy (non-hydrogen) atoms. The van der Waals surface area contributed by atoms with Crippen LogP contribution in [0.25, 0.3) is 10.2 Å². The van der Waals surface area contributed by atoms with E-state index in [4.69, 9.17) is 4.98 Å². The Morgan fingerprint density at radius 3 is 2.75 bits per heavy atom. The van der Waals surface area contributed by atoms with Gasteiger partial charge in [-0.2, -0.15) is 0 Å². The number of piperidine rings is 1. The second-order valence-electron chi connectivity index (χ2n) is 5.90. The standard InChI is InChI=1S/C16H23N3S/c1-12(2)19(11-13-7-9-17-10-8-13)16-18-14-5-3-4-6-15(14)20-16/h3-6,12-13,17H,7-11H2,1-2H3. The Balaban J connectivity index is 1.81. The summed E-state index contributed by atoms with van der Waals surface area (Å²) in [4.78, 5) is 7.32. The second kappa shape index (κ2) is 6.10. The van der Waals surface area contributed by atoms with E-state index >= 15 is 0 Å². The van der Waals surface area contributed by atoms with E-state index in [0.717, 1.165) is 31.1 Å². The Morgan fingerprint density at radius 2 is 2.05 bits per heavy atom. The highest BCUT2D eigenvalue weighted by Gasteiger charge is 2.21. The van der Waals surface area contributed by atoms with Gasteiger partial charge < -0.3 is 10.2 Å². The average Bonchev–Trinajstić information content (AvgIpc) is 2.89. The maximum Gasteiger partial charge on any atom is 0.186 e. The van der Waals surface area contributed by atoms with Crippen LogP contribution in [0, 0.1) is 5.92 Å². The van der Waals surface area contributed by atoms with Crippen molar-refractivity contribution in [3.63, 3.8) is 0 Å². The molecule has 2 aromatic rings. The van der Waals surface area contributed by atoms with Gasteiger partial charge in [-0.25, -0.2) is 4.98 Å². The second-order valence-corrected chi connectivity index (χ2v) is 6.91. The third kappa shape index (κ3) is 2.96. The lowest BCUT2D eigenvalue weighted by Crippen LogP contribution is -2.39. The van der Waals surface area contributed by atoms with Crippen LogP contribution in [-0.2, 0) is 0 Å². The third-order valence-electron chi connectivity index (χ3n) is 4.07. The molecule has 3 nitrogen and oxygen atoms in total. The predicted octanol–water partition coefficient (Wildman–Crippen LogP) is 3.51. The number of thiazole rings is 1. The van der Waals surface area contributed by atoms with Gasteiger partial charge in [0.1, 0.15) is 0 Å². The molecule has 0 bridgehead atoms. The zero-order valence-corrected chi connectivity index (χ0v) is 13.1. The van der Waals surface area contributed by atoms with Crippen LogP contribution in [0.5, 0.6) is 0 Å². The molecule has 0 saturated carbocycles. The minimum atomic E-state index is 0.505. The van der Waals surface area contributed by atoms with Gasteiger partial charge in [0.25, 0.3) is 0 Å². The van der Waals surface area contributed by atoms with Gasteiger partial charge in [-0.1, -0.05) is 23.5 Å². The van der Waals surface area contributed by atoms with Crippen LogP contribution in [0.4, 0.5) is 5.13 Å². The summed E-state index contributed by atoms with van der Waals surface area (Å²) < 4.78 is 1.29. The fourth-order valence-corrected chi connectivity index (χ4v) is 3.94. The minimum absolute atomic E-state index is 0.505. The van der Waals surface area contributed by atoms with Crippen molar-refractivity contribution in [2.45, 2.75) is 32.7 Å². The van der Waals surface area contributed by atoms with E-state index in [1.54, 1.807) is 0 Å². The molecule has 1 aliphatic rings. The molecule has 1 saturated heterocycles. The number of hydrogen-bond acceptors (Lipinski definition) is 4. The number of fused-ring (bicyclic) bond motifs is 1. The first-order valence-electron chi connectivity index (χ1n) is 7.57. The molecule has 1 aromatic heterocycles. The summed E-state index contributed by atoms with van der Waals surface area (Å²) in [5, 5.41) is 4.63. The SMILES string of the molecule is CC(C)N(CC1CCNCC1)c1nc2ccccc2s1. The fourth-order valence-electron chi connectivity index (χ4n) is 2.84. The minimum Gasteiger partial charge on any atom is -0.345 e. The van der Waals surface area contributed by atoms with E-state index in [0.29, 0.717) is 6.04 Å². The summed E-state index contributed by atoms with van der Waals surface area (Å²) in [5.74, 6) is 0.797. The molecule has 1 fully saturated rings. The Hall–Kier alpha value is -1.13. The van der Waals surface area contributed by atoms with Crippen molar-refractivity contribution in [1.29, 1.82) is 0 Å². The average molecular weight is 289 g/mol. The molecule has 0 atom stereocenters. The third-order valence-corrected chi connectivity index (χ3v) is 5.14. The number of hydrogen-bond donors (Lipinski definition) is 1. The highest BCUT2D eigenvalue weighted by atomic mass is 32.1. The first-order chi connectivity index (χ1) is 9.74. The van der Waals surface area contributed by atoms with Crippen LogP contribution in [-0.4, -0.2) is 30.7 Å². The zero-order chi connectivity index (χ0) is 13.9. The molecule has 0 spiro atoms. The Bertz CT molecular complexity index is 525. The van der Waals surface area contributed by atoms with Gasteiger partial charge in [-0.3, -0.25) is 0 Å². The van der Waals surface area contributed by atoms with Crippen molar-refractivity contribution in [3.05, 3.63) is 24.3 Å². The smallest absolute Gasteiger partial charge is 0.186 e. The van der Waals surface area contributed by atoms with Crippen LogP contribution in [0.1, 0.15) is 26.7 Å². The van der Waals surface area contributed by atoms with Crippen molar-refractivity contribution in [3.8, 4) is 0 Å². The fraction of sp³-hybridized carbons (Fsp3) is 0.562. The first kappa shape index (κ1) is 13.8. The quantitative estimate of drug-likeness (QED) is 0.933. The van der Waals surface area contributed by atoms with E-state index in [-0.39, 0.29) is 0 Å². The van der Waals surface area contributed by atoms with Crippen molar-refractivity contribution in [2.24, 2.45) is 5.92 Å². The molecular formula is C16H23N3S. The number of benzene rings is 1. The van der Waals surface area contributed by atoms with Gasteiger partial charge in [0, 0.05) is 12.6 Å². The summed E-state index contributed by atoms with van der Waals surface area (Å²) >= 11 is 1.82. The molecule has 2 heterocycles. The van der Waals surface area contributed by atoms with E-state index in [2.05, 4.69) is 48.3 Å². The zero-order valence-electron chi connectivity index (χ0n) is 12.3. The van der Waals surface area contributed by atoms with Crippen molar-refractivity contribution >= 4 is 26.7 Å². The summed E-state index contributed by atoms with van der Waals surface area (Å²) in [7, 11) is 0. The topological polar surface area (TPSA) is 28.2 Å². The molecule has 3 rings (SSSR count). The highest BCUT2D eigenvalue weighted by molar-refractivity contribution is 7.22. The van der Waals surface area contributed by atoms with E-state index in [1.165, 1.54) is 22.7 Å². The molecular weight excluding hydrogens is 266 g/mol. The van der Waals surface area contributed by atoms with Crippen LogP contribution >= 0.6 is 11.3 Å². The first-order valence-corrected chi connectivity index (χ1v) is 8.38. The Morgan fingerprint density at radius 1 is 1.30 bits per heavy atom. The van der Waals surface area contributed by atoms with Gasteiger partial charge in [0.15, 0.2) is 5.13 Å². The summed E-state index contributed by atoms with van der Waals surface area (Å²) in [6.45, 7) is 8.01. The molecule has 0 amide bonds. The lowest BCUT2D eigenvalue weighted by atomic mass is 9.97. The van der Waals surface area contributed by atoms with Gasteiger partial charge in [0.2, 0.25) is 0 Å². The van der Waals surface area contributed by atoms with Crippen molar-refractivity contribution < 1.29 is 0 Å². The summed E-state index contributed by atoms with van der Waals surface area (Å²) in [6, 6.07) is 8.94. The molecule has 1 N–H and O–H groups in total. The van der Waals surface area contributed by atoms with Crippen LogP contribution < -0.4 is 10.2 Å². The van der Waals surface area contributed by atoms with E-state index in [9.17, 15) is 0 Å². The van der Waals surface area contributed by atoms with Gasteiger partial charge in [-0.15, -0.1) is 0 Å². The molecule has 1 aromatic carbocycles. The number of nitrogens with one attached hydrogen (secondary N) is 1. The normalized spacial score (nSPS) is 16.9. The largest absolute Gasteiger partial charge is 0.345 e. The molecule has 0 radical (unpaired) electrons. The highest BCUT2D eigenvalue weighted by Crippen LogP contribution is 2.31. The Kier molecular flexibility index (Phi) is 4.22. The Labute approximate surface area is 125 Å². The number of rotatable bonds is 4. The molecule has 1 aliphatic heterocycles. The van der Waals surface area contributed by atoms with Crippen molar-refractivity contribution in [2.75, 3.05) is 24.5 Å². The molecule has 4 heteroatoms. The molecule has 108 valence electrons. The number of anilines is 1. The van der Waals surface area contributed by atoms with Gasteiger partial charge >= 0.3 is 0 Å². The van der Waals surface area contributed by atoms with Crippen LogP contribution in [0.3, 0.4) is 0 Å². The maximum atomic E-state index is 4.83. The number of para-hydroxylation sites is 1. The van der Waals surface area contributed by atoms with Crippen LogP contribution in [0.2, 0.25) is 0 Å². The lowest BCUT2D eigenvalue weighted by molar-refractivity contribution is 0.367. The van der Waals surface area contributed by atoms with Gasteiger partial charge in [-0.05, 0) is 57.8 Å². The van der Waals surface area contributed by atoms with Crippen LogP contribution in [0.15, 0.2) is 24.3 Å². The van der Waals surface area contributed by atoms with E-state index < -0.39 is 0 Å². The summed E-state index contributed by atoms with van der Waals surface area (Å²) in [6.07, 6.45) is 2.57. The monoisotopic (exact) mass is 289 g/mol. The lowest BCUT2D eigenvalue weighted by Gasteiger charge is -2.32. The predicted molar refractivity (Wildman–Crippen MR) is 87.7 cm³/mol. The number of nitrogens with zero attached hydrogens (tertiary/aromatic N) is 2. The van der Waals surface area contributed by atoms with Crippen molar-refractivity contribution in [1.82, 2.24) is 10.3 Å². The molecule has 0 unspecified atom stereocenters. The van der Waals surface area contributed by atoms with Gasteiger partial charge in [0.05, 0.1) is 10.2 Å². The maximum absolute atomic E-state index is 4.83.